The molecule has 148 valence electrons. The summed E-state index contributed by atoms with van der Waals surface area (Å²) in [6, 6.07) is 11.9. The Kier molecular flexibility index (Phi) is 5.35. The van der Waals surface area contributed by atoms with Crippen LogP contribution in [0.5, 0.6) is 0 Å². The van der Waals surface area contributed by atoms with Crippen LogP contribution in [0.3, 0.4) is 0 Å². The molecule has 4 rings (SSSR count). The van der Waals surface area contributed by atoms with Gasteiger partial charge in [0.1, 0.15) is 12.4 Å². The highest BCUT2D eigenvalue weighted by molar-refractivity contribution is 7.09. The summed E-state index contributed by atoms with van der Waals surface area (Å²) in [5, 5.41) is 14.3. The third-order valence-electron chi connectivity index (χ3n) is 4.88. The molecular formula is C21H20FN5OS. The first-order valence-corrected chi connectivity index (χ1v) is 10.2. The molecule has 0 saturated carbocycles. The van der Waals surface area contributed by atoms with Crippen molar-refractivity contribution in [2.75, 3.05) is 0 Å². The van der Waals surface area contributed by atoms with Crippen molar-refractivity contribution in [3.63, 3.8) is 0 Å². The van der Waals surface area contributed by atoms with Crippen LogP contribution in [0.4, 0.5) is 4.39 Å². The molecule has 0 bridgehead atoms. The van der Waals surface area contributed by atoms with Crippen LogP contribution < -0.4 is 0 Å². The molecule has 0 N–H and O–H groups in total. The monoisotopic (exact) mass is 409 g/mol. The normalized spacial score (nSPS) is 11.1. The van der Waals surface area contributed by atoms with Crippen LogP contribution in [-0.2, 0) is 19.5 Å². The number of hydrogen-bond donors (Lipinski definition) is 0. The van der Waals surface area contributed by atoms with Crippen molar-refractivity contribution in [2.45, 2.75) is 33.4 Å². The molecule has 0 unspecified atom stereocenters. The Hall–Kier alpha value is -3.13. The lowest BCUT2D eigenvalue weighted by Gasteiger charge is -2.09. The smallest absolute Gasteiger partial charge is 0.204 e. The van der Waals surface area contributed by atoms with Crippen molar-refractivity contribution in [3.8, 4) is 11.4 Å². The second-order valence-corrected chi connectivity index (χ2v) is 7.87. The molecule has 0 aliphatic heterocycles. The third-order valence-corrected chi connectivity index (χ3v) is 5.81. The van der Waals surface area contributed by atoms with Crippen molar-refractivity contribution in [1.29, 1.82) is 0 Å². The fraction of sp³-hybridized carbons (Fsp3) is 0.238. The Morgan fingerprint density at radius 3 is 2.69 bits per heavy atom. The predicted molar refractivity (Wildman–Crippen MR) is 109 cm³/mol. The summed E-state index contributed by atoms with van der Waals surface area (Å²) in [5.41, 5.74) is 3.33. The highest BCUT2D eigenvalue weighted by atomic mass is 32.1. The van der Waals surface area contributed by atoms with Crippen LogP contribution >= 0.6 is 11.3 Å². The summed E-state index contributed by atoms with van der Waals surface area (Å²) in [6.45, 7) is 4.82. The van der Waals surface area contributed by atoms with Gasteiger partial charge in [0.2, 0.25) is 5.82 Å². The molecule has 4 aromatic rings. The number of aryl methyl sites for hydroxylation is 2. The van der Waals surface area contributed by atoms with E-state index in [0.717, 1.165) is 24.4 Å². The van der Waals surface area contributed by atoms with Crippen LogP contribution in [0.25, 0.3) is 11.4 Å². The second-order valence-electron chi connectivity index (χ2n) is 6.84. The second kappa shape index (κ2) is 8.08. The number of Topliss-reactive ketones (excluding diaryl/α,β-unsaturated/α-hetero) is 1. The van der Waals surface area contributed by atoms with Gasteiger partial charge >= 0.3 is 0 Å². The fourth-order valence-electron chi connectivity index (χ4n) is 3.34. The number of thiophene rings is 1. The maximum atomic E-state index is 13.1. The lowest BCUT2D eigenvalue weighted by Crippen LogP contribution is -2.14. The van der Waals surface area contributed by atoms with E-state index in [1.54, 1.807) is 23.5 Å². The first-order valence-electron chi connectivity index (χ1n) is 9.27. The molecule has 0 atom stereocenters. The maximum absolute atomic E-state index is 13.1. The Bertz CT molecular complexity index is 1130. The number of tetrazole rings is 1. The number of halogens is 1. The van der Waals surface area contributed by atoms with Crippen LogP contribution in [0.15, 0.2) is 47.8 Å². The minimum Gasteiger partial charge on any atom is -0.348 e. The SMILES string of the molecule is Cc1cc(C(=O)Cn2nnc(-c3ccc(F)cc3)n2)c(C)n1CCc1cccs1. The molecule has 1 aromatic carbocycles. The molecule has 6 nitrogen and oxygen atoms in total. The summed E-state index contributed by atoms with van der Waals surface area (Å²) < 4.78 is 15.2. The summed E-state index contributed by atoms with van der Waals surface area (Å²) >= 11 is 1.74. The standard InChI is InChI=1S/C21H20FN5OS/c1-14-12-19(15(2)26(14)10-9-18-4-3-11-29-18)20(28)13-27-24-21(23-25-27)16-5-7-17(22)8-6-16/h3-8,11-12H,9-10,13H2,1-2H3. The van der Waals surface area contributed by atoms with Gasteiger partial charge < -0.3 is 4.57 Å². The maximum Gasteiger partial charge on any atom is 0.204 e. The molecule has 29 heavy (non-hydrogen) atoms. The number of ketones is 1. The highest BCUT2D eigenvalue weighted by Gasteiger charge is 2.18. The predicted octanol–water partition coefficient (Wildman–Crippen LogP) is 4.08. The van der Waals surface area contributed by atoms with Gasteiger partial charge in [-0.2, -0.15) is 4.80 Å². The van der Waals surface area contributed by atoms with Crippen LogP contribution in [-0.4, -0.2) is 30.6 Å². The van der Waals surface area contributed by atoms with E-state index in [9.17, 15) is 9.18 Å². The molecule has 3 heterocycles. The Labute approximate surface area is 171 Å². The van der Waals surface area contributed by atoms with E-state index in [2.05, 4.69) is 37.5 Å². The van der Waals surface area contributed by atoms with Gasteiger partial charge in [-0.3, -0.25) is 4.79 Å². The average Bonchev–Trinajstić information content (AvgIpc) is 3.43. The zero-order valence-electron chi connectivity index (χ0n) is 16.2. The first kappa shape index (κ1) is 19.2. The van der Waals surface area contributed by atoms with Gasteiger partial charge in [-0.1, -0.05) is 6.07 Å². The molecular weight excluding hydrogens is 389 g/mol. The van der Waals surface area contributed by atoms with Crippen molar-refractivity contribution >= 4 is 17.1 Å². The lowest BCUT2D eigenvalue weighted by molar-refractivity contribution is 0.0960. The number of carbonyl (C=O) groups is 1. The molecule has 0 aliphatic carbocycles. The van der Waals surface area contributed by atoms with Gasteiger partial charge in [-0.05, 0) is 67.3 Å². The molecule has 0 fully saturated rings. The molecule has 3 aromatic heterocycles. The van der Waals surface area contributed by atoms with E-state index in [-0.39, 0.29) is 18.1 Å². The number of nitrogens with zero attached hydrogens (tertiary/aromatic N) is 5. The third kappa shape index (κ3) is 4.17. The molecule has 0 saturated heterocycles. The van der Waals surface area contributed by atoms with Gasteiger partial charge in [0, 0.05) is 33.9 Å². The van der Waals surface area contributed by atoms with Crippen LogP contribution in [0, 0.1) is 19.7 Å². The molecule has 0 radical (unpaired) electrons. The number of hydrogen-bond acceptors (Lipinski definition) is 5. The Morgan fingerprint density at radius 2 is 1.97 bits per heavy atom. The summed E-state index contributed by atoms with van der Waals surface area (Å²) in [7, 11) is 0. The van der Waals surface area contributed by atoms with Gasteiger partial charge in [0.05, 0.1) is 0 Å². The number of aromatic nitrogens is 5. The largest absolute Gasteiger partial charge is 0.348 e. The fourth-order valence-corrected chi connectivity index (χ4v) is 4.04. The van der Waals surface area contributed by atoms with E-state index in [1.165, 1.54) is 21.8 Å². The van der Waals surface area contributed by atoms with E-state index in [4.69, 9.17) is 0 Å². The Balaban J connectivity index is 1.47. The number of benzene rings is 1. The van der Waals surface area contributed by atoms with Crippen molar-refractivity contribution in [1.82, 2.24) is 24.8 Å². The van der Waals surface area contributed by atoms with Crippen molar-refractivity contribution < 1.29 is 9.18 Å². The van der Waals surface area contributed by atoms with E-state index < -0.39 is 0 Å². The van der Waals surface area contributed by atoms with Gasteiger partial charge in [-0.15, -0.1) is 21.5 Å². The highest BCUT2D eigenvalue weighted by Crippen LogP contribution is 2.19. The average molecular weight is 409 g/mol. The van der Waals surface area contributed by atoms with Gasteiger partial charge in [-0.25, -0.2) is 4.39 Å². The lowest BCUT2D eigenvalue weighted by atomic mass is 10.1. The quantitative estimate of drug-likeness (QED) is 0.431. The van der Waals surface area contributed by atoms with E-state index >= 15 is 0 Å². The van der Waals surface area contributed by atoms with E-state index in [1.807, 2.05) is 19.9 Å². The Morgan fingerprint density at radius 1 is 1.17 bits per heavy atom. The number of carbonyl (C=O) groups excluding carboxylic acids is 1. The summed E-state index contributed by atoms with van der Waals surface area (Å²) in [6.07, 6.45) is 0.938. The molecule has 8 heteroatoms. The topological polar surface area (TPSA) is 65.6 Å². The van der Waals surface area contributed by atoms with Crippen LogP contribution in [0.2, 0.25) is 0 Å². The number of rotatable bonds is 7. The first-order chi connectivity index (χ1) is 14.0. The van der Waals surface area contributed by atoms with Crippen molar-refractivity contribution in [3.05, 3.63) is 75.5 Å². The van der Waals surface area contributed by atoms with Crippen molar-refractivity contribution in [2.24, 2.45) is 0 Å². The minimum absolute atomic E-state index is 0.00339. The summed E-state index contributed by atoms with van der Waals surface area (Å²) in [4.78, 5) is 15.4. The van der Waals surface area contributed by atoms with Gasteiger partial charge in [0.15, 0.2) is 5.78 Å². The van der Waals surface area contributed by atoms with Crippen LogP contribution in [0.1, 0.15) is 26.6 Å². The zero-order chi connectivity index (χ0) is 20.4. The molecule has 0 spiro atoms. The molecule has 0 amide bonds. The minimum atomic E-state index is -0.328. The van der Waals surface area contributed by atoms with E-state index in [0.29, 0.717) is 17.0 Å². The summed E-state index contributed by atoms with van der Waals surface area (Å²) in [5.74, 6) is -0.0338. The zero-order valence-corrected chi connectivity index (χ0v) is 17.0. The molecule has 0 aliphatic rings. The van der Waals surface area contributed by atoms with Gasteiger partial charge in [0.25, 0.3) is 0 Å².